The lowest BCUT2D eigenvalue weighted by molar-refractivity contribution is 0.0714. The van der Waals surface area contributed by atoms with Crippen LogP contribution in [0.25, 0.3) is 32.5 Å². The highest BCUT2D eigenvalue weighted by Gasteiger charge is 2.26. The maximum absolute atomic E-state index is 14.5. The smallest absolute Gasteiger partial charge is 0.264 e. The topological polar surface area (TPSA) is 87.9 Å². The number of rotatable bonds is 3. The Labute approximate surface area is 194 Å². The number of nitrogens with two attached hydrogens (primary N) is 1. The second-order valence-corrected chi connectivity index (χ2v) is 9.44. The van der Waals surface area contributed by atoms with Gasteiger partial charge in [-0.25, -0.2) is 4.39 Å². The third kappa shape index (κ3) is 4.01. The molecule has 6 nitrogen and oxygen atoms in total. The number of fused-ring (bicyclic) bond motifs is 1. The number of hydrogen-bond acceptors (Lipinski definition) is 5. The second-order valence-electron chi connectivity index (χ2n) is 8.39. The van der Waals surface area contributed by atoms with Gasteiger partial charge in [-0.1, -0.05) is 12.1 Å². The van der Waals surface area contributed by atoms with Gasteiger partial charge in [0.05, 0.1) is 16.0 Å². The van der Waals surface area contributed by atoms with Gasteiger partial charge in [-0.3, -0.25) is 9.48 Å². The predicted octanol–water partition coefficient (Wildman–Crippen LogP) is 4.54. The average molecular weight is 460 g/mol. The number of carbonyl (C=O) groups excluding carboxylic acids is 1. The summed E-state index contributed by atoms with van der Waals surface area (Å²) in [6.07, 6.45) is 3.74. The Morgan fingerprint density at radius 2 is 2.06 bits per heavy atom. The number of halogens is 1. The van der Waals surface area contributed by atoms with Gasteiger partial charge < -0.3 is 10.6 Å². The highest BCUT2D eigenvalue weighted by molar-refractivity contribution is 7.18. The average Bonchev–Trinajstić information content (AvgIpc) is 3.41. The molecule has 1 atom stereocenters. The van der Waals surface area contributed by atoms with E-state index in [0.717, 1.165) is 39.7 Å². The molecule has 5 rings (SSSR count). The van der Waals surface area contributed by atoms with Crippen molar-refractivity contribution in [3.8, 4) is 27.6 Å². The van der Waals surface area contributed by atoms with Gasteiger partial charge in [0, 0.05) is 48.2 Å². The monoisotopic (exact) mass is 459 g/mol. The molecule has 8 heteroatoms. The van der Waals surface area contributed by atoms with Crippen molar-refractivity contribution in [2.45, 2.75) is 18.9 Å². The summed E-state index contributed by atoms with van der Waals surface area (Å²) in [7, 11) is 1.87. The van der Waals surface area contributed by atoms with Gasteiger partial charge in [-0.05, 0) is 54.3 Å². The van der Waals surface area contributed by atoms with Crippen LogP contribution in [-0.2, 0) is 7.05 Å². The maximum atomic E-state index is 14.5. The Morgan fingerprint density at radius 3 is 2.82 bits per heavy atom. The Balaban J connectivity index is 1.63. The predicted molar refractivity (Wildman–Crippen MR) is 127 cm³/mol. The van der Waals surface area contributed by atoms with E-state index in [1.54, 1.807) is 15.6 Å². The molecular weight excluding hydrogens is 437 g/mol. The Bertz CT molecular complexity index is 1420. The van der Waals surface area contributed by atoms with Crippen LogP contribution < -0.4 is 5.73 Å². The SMILES string of the molecule is Cn1cc2cc(-c3sc(C(=O)N4CCC[C@@H](N)C4)cc3-c3ccc(C#N)c(F)c3)ccc2n1. The first-order chi connectivity index (χ1) is 15.9. The zero-order valence-corrected chi connectivity index (χ0v) is 18.9. The second kappa shape index (κ2) is 8.43. The zero-order chi connectivity index (χ0) is 23.1. The van der Waals surface area contributed by atoms with E-state index >= 15 is 0 Å². The Hall–Kier alpha value is -3.54. The third-order valence-electron chi connectivity index (χ3n) is 5.97. The van der Waals surface area contributed by atoms with Crippen LogP contribution in [0.15, 0.2) is 48.7 Å². The lowest BCUT2D eigenvalue weighted by Crippen LogP contribution is -2.45. The summed E-state index contributed by atoms with van der Waals surface area (Å²) in [5, 5.41) is 14.5. The largest absolute Gasteiger partial charge is 0.336 e. The van der Waals surface area contributed by atoms with Crippen molar-refractivity contribution in [2.75, 3.05) is 13.1 Å². The Kier molecular flexibility index (Phi) is 5.44. The van der Waals surface area contributed by atoms with Gasteiger partial charge in [-0.2, -0.15) is 10.4 Å². The fourth-order valence-electron chi connectivity index (χ4n) is 4.34. The molecule has 0 unspecified atom stereocenters. The highest BCUT2D eigenvalue weighted by atomic mass is 32.1. The molecule has 166 valence electrons. The number of nitrogens with zero attached hydrogens (tertiary/aromatic N) is 4. The number of amides is 1. The van der Waals surface area contributed by atoms with Crippen molar-refractivity contribution in [3.63, 3.8) is 0 Å². The van der Waals surface area contributed by atoms with Crippen LogP contribution in [0.5, 0.6) is 0 Å². The molecule has 1 aliphatic rings. The van der Waals surface area contributed by atoms with E-state index in [9.17, 15) is 9.18 Å². The Morgan fingerprint density at radius 1 is 1.24 bits per heavy atom. The quantitative estimate of drug-likeness (QED) is 0.487. The molecule has 2 N–H and O–H groups in total. The molecule has 4 aromatic rings. The molecule has 0 radical (unpaired) electrons. The first-order valence-electron chi connectivity index (χ1n) is 10.8. The van der Waals surface area contributed by atoms with Crippen molar-refractivity contribution in [3.05, 3.63) is 64.9 Å². The molecule has 0 saturated carbocycles. The van der Waals surface area contributed by atoms with Crippen molar-refractivity contribution in [1.29, 1.82) is 5.26 Å². The maximum Gasteiger partial charge on any atom is 0.264 e. The lowest BCUT2D eigenvalue weighted by Gasteiger charge is -2.30. The molecule has 2 aromatic carbocycles. The summed E-state index contributed by atoms with van der Waals surface area (Å²) >= 11 is 1.39. The number of thiophene rings is 1. The van der Waals surface area contributed by atoms with Crippen LogP contribution in [0.1, 0.15) is 28.1 Å². The van der Waals surface area contributed by atoms with Crippen LogP contribution in [-0.4, -0.2) is 39.7 Å². The fraction of sp³-hybridized carbons (Fsp3) is 0.240. The molecule has 0 spiro atoms. The molecule has 2 aromatic heterocycles. The summed E-state index contributed by atoms with van der Waals surface area (Å²) in [6, 6.07) is 14.2. The number of hydrogen-bond donors (Lipinski definition) is 1. The molecule has 1 amide bonds. The number of likely N-dealkylation sites (tertiary alicyclic amines) is 1. The first kappa shape index (κ1) is 21.3. The van der Waals surface area contributed by atoms with Crippen molar-refractivity contribution >= 4 is 28.1 Å². The fourth-order valence-corrected chi connectivity index (χ4v) is 5.48. The summed E-state index contributed by atoms with van der Waals surface area (Å²) < 4.78 is 16.2. The normalized spacial score (nSPS) is 16.2. The number of nitriles is 1. The van der Waals surface area contributed by atoms with Gasteiger partial charge in [0.2, 0.25) is 0 Å². The molecule has 1 aliphatic heterocycles. The minimum absolute atomic E-state index is 0.00841. The molecule has 1 fully saturated rings. The number of aromatic nitrogens is 2. The summed E-state index contributed by atoms with van der Waals surface area (Å²) in [5.74, 6) is -0.635. The molecule has 0 aliphatic carbocycles. The molecular formula is C25H22FN5OS. The lowest BCUT2D eigenvalue weighted by atomic mass is 10.00. The molecule has 1 saturated heterocycles. The van der Waals surface area contributed by atoms with Gasteiger partial charge in [0.15, 0.2) is 0 Å². The van der Waals surface area contributed by atoms with Crippen LogP contribution in [0.4, 0.5) is 4.39 Å². The number of benzene rings is 2. The first-order valence-corrected chi connectivity index (χ1v) is 11.6. The third-order valence-corrected chi connectivity index (χ3v) is 7.14. The molecule has 33 heavy (non-hydrogen) atoms. The van der Waals surface area contributed by atoms with Crippen molar-refractivity contribution in [1.82, 2.24) is 14.7 Å². The minimum atomic E-state index is -0.579. The van der Waals surface area contributed by atoms with Crippen LogP contribution in [0.3, 0.4) is 0 Å². The zero-order valence-electron chi connectivity index (χ0n) is 18.1. The van der Waals surface area contributed by atoms with E-state index in [2.05, 4.69) is 5.10 Å². The number of carbonyl (C=O) groups is 1. The van der Waals surface area contributed by atoms with Crippen LogP contribution >= 0.6 is 11.3 Å². The van der Waals surface area contributed by atoms with E-state index in [1.807, 2.05) is 43.6 Å². The standard InChI is InChI=1S/C25H22FN5OS/c1-30-13-18-9-16(6-7-22(18)29-30)24-20(15-4-5-17(12-27)21(26)10-15)11-23(33-24)25(32)31-8-2-3-19(28)14-31/h4-7,9-11,13,19H,2-3,8,14,28H2,1H3/t19-/m1/s1. The molecule has 0 bridgehead atoms. The summed E-state index contributed by atoms with van der Waals surface area (Å²) in [4.78, 5) is 16.6. The van der Waals surface area contributed by atoms with Gasteiger partial charge >= 0.3 is 0 Å². The van der Waals surface area contributed by atoms with E-state index in [0.29, 0.717) is 23.5 Å². The van der Waals surface area contributed by atoms with E-state index in [1.165, 1.54) is 23.5 Å². The van der Waals surface area contributed by atoms with E-state index < -0.39 is 5.82 Å². The summed E-state index contributed by atoms with van der Waals surface area (Å²) in [6.45, 7) is 1.22. The van der Waals surface area contributed by atoms with E-state index in [-0.39, 0.29) is 17.5 Å². The minimum Gasteiger partial charge on any atom is -0.336 e. The van der Waals surface area contributed by atoms with Crippen LogP contribution in [0.2, 0.25) is 0 Å². The highest BCUT2D eigenvalue weighted by Crippen LogP contribution is 2.41. The van der Waals surface area contributed by atoms with Crippen molar-refractivity contribution in [2.24, 2.45) is 12.8 Å². The molecule has 3 heterocycles. The van der Waals surface area contributed by atoms with E-state index in [4.69, 9.17) is 11.0 Å². The van der Waals surface area contributed by atoms with Gasteiger partial charge in [0.25, 0.3) is 5.91 Å². The van der Waals surface area contributed by atoms with Gasteiger partial charge in [0.1, 0.15) is 11.9 Å². The van der Waals surface area contributed by atoms with Crippen molar-refractivity contribution < 1.29 is 9.18 Å². The number of aryl methyl sites for hydroxylation is 1. The number of piperidine rings is 1. The summed E-state index contributed by atoms with van der Waals surface area (Å²) in [5.41, 5.74) is 9.27. The van der Waals surface area contributed by atoms with Gasteiger partial charge in [-0.15, -0.1) is 11.3 Å². The van der Waals surface area contributed by atoms with Crippen LogP contribution in [0, 0.1) is 17.1 Å².